The minimum Gasteiger partial charge on any atom is -0.390 e. The van der Waals surface area contributed by atoms with Crippen molar-refractivity contribution in [3.05, 3.63) is 23.8 Å². The monoisotopic (exact) mass is 558 g/mol. The number of fused-ring (bicyclic) bond motifs is 5. The van der Waals surface area contributed by atoms with Crippen LogP contribution in [0.5, 0.6) is 0 Å². The Balaban J connectivity index is 1.67. The second-order valence-electron chi connectivity index (χ2n) is 11.9. The summed E-state index contributed by atoms with van der Waals surface area (Å²) in [5.41, 5.74) is -6.72. The molecular formula is C27H41FNO8S+. The van der Waals surface area contributed by atoms with Crippen LogP contribution in [0.1, 0.15) is 60.3 Å². The summed E-state index contributed by atoms with van der Waals surface area (Å²) in [5.74, 6) is -2.75. The Morgan fingerprint density at radius 1 is 1.13 bits per heavy atom. The minimum absolute atomic E-state index is 0.0921. The Kier molecular flexibility index (Phi) is 7.19. The van der Waals surface area contributed by atoms with Crippen molar-refractivity contribution in [2.24, 2.45) is 22.7 Å². The Hall–Kier alpha value is -1.50. The molecule has 4 aliphatic carbocycles. The first-order valence-corrected chi connectivity index (χ1v) is 14.9. The van der Waals surface area contributed by atoms with Crippen molar-refractivity contribution >= 4 is 21.9 Å². The van der Waals surface area contributed by atoms with E-state index in [0.717, 1.165) is 0 Å². The van der Waals surface area contributed by atoms with Gasteiger partial charge in [-0.25, -0.2) is 8.57 Å². The van der Waals surface area contributed by atoms with Gasteiger partial charge in [-0.3, -0.25) is 9.59 Å². The smallest absolute Gasteiger partial charge is 0.390 e. The summed E-state index contributed by atoms with van der Waals surface area (Å²) in [7, 11) is -4.24. The lowest BCUT2D eigenvalue weighted by atomic mass is 9.44. The molecular weight excluding hydrogens is 517 g/mol. The molecule has 8 atom stereocenters. The fourth-order valence-electron chi connectivity index (χ4n) is 8.22. The number of carbonyl (C=O) groups is 2. The van der Waals surface area contributed by atoms with Crippen molar-refractivity contribution in [3.63, 3.8) is 0 Å². The first kappa shape index (κ1) is 29.5. The van der Waals surface area contributed by atoms with E-state index in [1.807, 2.05) is 0 Å². The molecule has 214 valence electrons. The largest absolute Gasteiger partial charge is 0.435 e. The van der Waals surface area contributed by atoms with Crippen molar-refractivity contribution in [2.75, 3.05) is 26.2 Å². The zero-order chi connectivity index (χ0) is 28.5. The standard InChI is InChI=1S/C27H41FNO8S/c1-6-29(7-2,8-3)38(35,36)37-16-23(33)27(34)21(31)14-20-19-10-9-17-13-18(30)11-12-24(17,4)26(19,28)22(32)15-25(20,27)5/h11-13,19-22,31-32,34H,6-10,14-16H2,1-5H3/q+1/t19-,20-,21+,22-,24-,25-,26-,27-/m0/s1. The van der Waals surface area contributed by atoms with Crippen LogP contribution in [0.25, 0.3) is 0 Å². The summed E-state index contributed by atoms with van der Waals surface area (Å²) in [6.07, 6.45) is 1.26. The zero-order valence-electron chi connectivity index (χ0n) is 22.8. The van der Waals surface area contributed by atoms with Crippen LogP contribution in [-0.2, 0) is 24.1 Å². The number of quaternary nitrogens is 1. The molecule has 0 aliphatic heterocycles. The average molecular weight is 559 g/mol. The molecule has 0 aromatic carbocycles. The summed E-state index contributed by atoms with van der Waals surface area (Å²) in [4.78, 5) is 25.5. The van der Waals surface area contributed by atoms with Crippen molar-refractivity contribution in [1.29, 1.82) is 0 Å². The molecule has 0 amide bonds. The Morgan fingerprint density at radius 3 is 2.32 bits per heavy atom. The van der Waals surface area contributed by atoms with Crippen LogP contribution in [-0.4, -0.2) is 88.9 Å². The lowest BCUT2D eigenvalue weighted by molar-refractivity contribution is -0.805. The lowest BCUT2D eigenvalue weighted by Crippen LogP contribution is -2.70. The van der Waals surface area contributed by atoms with Crippen molar-refractivity contribution in [2.45, 2.75) is 83.8 Å². The maximum atomic E-state index is 17.2. The number of hydrogen-bond acceptors (Lipinski definition) is 8. The van der Waals surface area contributed by atoms with Gasteiger partial charge in [0.05, 0.1) is 31.8 Å². The van der Waals surface area contributed by atoms with E-state index in [0.29, 0.717) is 12.0 Å². The third kappa shape index (κ3) is 3.55. The number of hydrogen-bond donors (Lipinski definition) is 3. The van der Waals surface area contributed by atoms with Crippen LogP contribution < -0.4 is 0 Å². The molecule has 3 N–H and O–H groups in total. The first-order valence-electron chi connectivity index (χ1n) is 13.5. The summed E-state index contributed by atoms with van der Waals surface area (Å²) in [6, 6.07) is 0. The van der Waals surface area contributed by atoms with Gasteiger partial charge in [-0.1, -0.05) is 18.6 Å². The van der Waals surface area contributed by atoms with Gasteiger partial charge in [0.1, 0.15) is 6.61 Å². The third-order valence-electron chi connectivity index (χ3n) is 10.8. The Morgan fingerprint density at radius 2 is 1.74 bits per heavy atom. The second-order valence-corrected chi connectivity index (χ2v) is 13.8. The van der Waals surface area contributed by atoms with E-state index < -0.39 is 72.7 Å². The van der Waals surface area contributed by atoms with Crippen molar-refractivity contribution < 1.29 is 45.8 Å². The van der Waals surface area contributed by atoms with E-state index in [-0.39, 0.29) is 44.7 Å². The number of alkyl halides is 1. The highest BCUT2D eigenvalue weighted by Gasteiger charge is 2.76. The van der Waals surface area contributed by atoms with Crippen LogP contribution in [0, 0.1) is 22.7 Å². The fraction of sp³-hybridized carbons (Fsp3) is 0.778. The van der Waals surface area contributed by atoms with Crippen LogP contribution in [0.3, 0.4) is 0 Å². The highest BCUT2D eigenvalue weighted by atomic mass is 32.2. The predicted molar refractivity (Wildman–Crippen MR) is 136 cm³/mol. The van der Waals surface area contributed by atoms with Gasteiger partial charge in [-0.2, -0.15) is 3.89 Å². The molecule has 0 aromatic rings. The quantitative estimate of drug-likeness (QED) is 0.383. The molecule has 0 radical (unpaired) electrons. The maximum absolute atomic E-state index is 17.2. The van der Waals surface area contributed by atoms with E-state index in [9.17, 15) is 33.3 Å². The van der Waals surface area contributed by atoms with Crippen LogP contribution in [0.15, 0.2) is 23.8 Å². The normalized spacial score (nSPS) is 42.8. The Bertz CT molecular complexity index is 1170. The molecule has 4 rings (SSSR count). The molecule has 38 heavy (non-hydrogen) atoms. The predicted octanol–water partition coefficient (Wildman–Crippen LogP) is 1.77. The molecule has 0 unspecified atom stereocenters. The average Bonchev–Trinajstić information content (AvgIpc) is 3.06. The van der Waals surface area contributed by atoms with Crippen molar-refractivity contribution in [3.8, 4) is 0 Å². The van der Waals surface area contributed by atoms with E-state index >= 15 is 4.39 Å². The van der Waals surface area contributed by atoms with Crippen LogP contribution >= 0.6 is 0 Å². The molecule has 3 fully saturated rings. The summed E-state index contributed by atoms with van der Waals surface area (Å²) >= 11 is 0. The minimum atomic E-state index is -4.24. The highest BCUT2D eigenvalue weighted by Crippen LogP contribution is 2.69. The molecule has 0 heterocycles. The summed E-state index contributed by atoms with van der Waals surface area (Å²) in [6.45, 7) is 7.99. The number of carbonyl (C=O) groups excluding carboxylic acids is 2. The van der Waals surface area contributed by atoms with Gasteiger partial charge in [-0.05, 0) is 71.4 Å². The van der Waals surface area contributed by atoms with Crippen LogP contribution in [0.2, 0.25) is 0 Å². The van der Waals surface area contributed by atoms with Gasteiger partial charge in [0.15, 0.2) is 22.8 Å². The van der Waals surface area contributed by atoms with E-state index in [1.165, 1.54) is 18.2 Å². The molecule has 0 spiro atoms. The second kappa shape index (κ2) is 9.27. The van der Waals surface area contributed by atoms with Crippen LogP contribution in [0.4, 0.5) is 4.39 Å². The number of Topliss-reactive ketones (excluding diaryl/α,β-unsaturated/α-hetero) is 1. The van der Waals surface area contributed by atoms with Crippen molar-refractivity contribution in [1.82, 2.24) is 0 Å². The molecule has 3 saturated carbocycles. The SMILES string of the molecule is CC[N+](CC)(CC)S(=O)(=O)OCC(=O)[C@@]1(O)[C@H](O)C[C@H]2[C@@H]3CCC4=CC(=O)C=C[C@]4(C)[C@@]3(F)[C@@H](O)C[C@@]21C. The molecule has 9 nitrogen and oxygen atoms in total. The number of aliphatic hydroxyl groups excluding tert-OH is 2. The molecule has 0 saturated heterocycles. The number of aliphatic hydroxyl groups is 3. The van der Waals surface area contributed by atoms with Gasteiger partial charge < -0.3 is 15.3 Å². The maximum Gasteiger partial charge on any atom is 0.435 e. The van der Waals surface area contributed by atoms with Gasteiger partial charge in [-0.15, -0.1) is 8.42 Å². The van der Waals surface area contributed by atoms with Gasteiger partial charge in [0.2, 0.25) is 0 Å². The number of ketones is 2. The summed E-state index contributed by atoms with van der Waals surface area (Å²) in [5, 5.41) is 34.2. The molecule has 4 aliphatic rings. The molecule has 0 aromatic heterocycles. The zero-order valence-corrected chi connectivity index (χ0v) is 23.6. The number of rotatable bonds is 8. The van der Waals surface area contributed by atoms with Gasteiger partial charge >= 0.3 is 10.3 Å². The molecule has 11 heteroatoms. The summed E-state index contributed by atoms with van der Waals surface area (Å²) < 4.78 is 48.0. The number of allylic oxidation sites excluding steroid dienone is 4. The van der Waals surface area contributed by atoms with E-state index in [2.05, 4.69) is 0 Å². The molecule has 0 bridgehead atoms. The fourth-order valence-corrected chi connectivity index (χ4v) is 9.65. The topological polar surface area (TPSA) is 138 Å². The first-order chi connectivity index (χ1) is 17.5. The van der Waals surface area contributed by atoms with Gasteiger partial charge in [0.25, 0.3) is 0 Å². The van der Waals surface area contributed by atoms with Gasteiger partial charge in [0, 0.05) is 16.7 Å². The Labute approximate surface area is 224 Å². The number of nitrogens with zero attached hydrogens (tertiary/aromatic N) is 1. The van der Waals surface area contributed by atoms with E-state index in [1.54, 1.807) is 34.6 Å². The number of halogens is 1. The highest BCUT2D eigenvalue weighted by molar-refractivity contribution is 7.81. The third-order valence-corrected chi connectivity index (χ3v) is 13.0. The lowest BCUT2D eigenvalue weighted by Gasteiger charge is -2.62. The van der Waals surface area contributed by atoms with E-state index in [4.69, 9.17) is 4.18 Å².